The van der Waals surface area contributed by atoms with Gasteiger partial charge in [-0.05, 0) is 36.2 Å². The number of hydrogen-bond donors (Lipinski definition) is 0. The average Bonchev–Trinajstić information content (AvgIpc) is 3.00. The van der Waals surface area contributed by atoms with Crippen LogP contribution < -0.4 is 4.90 Å². The first kappa shape index (κ1) is 13.5. The highest BCUT2D eigenvalue weighted by Crippen LogP contribution is 2.22. The number of aryl methyl sites for hydroxylation is 1. The van der Waals surface area contributed by atoms with Gasteiger partial charge in [-0.1, -0.05) is 12.1 Å². The molecule has 2 aromatic heterocycles. The molecule has 0 radical (unpaired) electrons. The van der Waals surface area contributed by atoms with E-state index >= 15 is 0 Å². The Morgan fingerprint density at radius 1 is 1.19 bits per heavy atom. The van der Waals surface area contributed by atoms with Crippen LogP contribution in [-0.2, 0) is 0 Å². The van der Waals surface area contributed by atoms with Gasteiger partial charge in [-0.15, -0.1) is 0 Å². The first-order valence-electron chi connectivity index (χ1n) is 6.34. The Labute approximate surface area is 127 Å². The molecule has 1 aromatic carbocycles. The van der Waals surface area contributed by atoms with E-state index in [4.69, 9.17) is 11.6 Å². The Hall–Kier alpha value is -2.47. The zero-order chi connectivity index (χ0) is 14.8. The molecule has 0 N–H and O–H groups in total. The molecule has 3 aromatic rings. The SMILES string of the molecule is Cc1cccc(N(C)c2nc(Cl)nc(-n3ccnc3)n2)c1. The Morgan fingerprint density at radius 3 is 2.76 bits per heavy atom. The predicted molar refractivity (Wildman–Crippen MR) is 81.2 cm³/mol. The Bertz CT molecular complexity index is 756. The van der Waals surface area contributed by atoms with Gasteiger partial charge in [0.05, 0.1) is 0 Å². The van der Waals surface area contributed by atoms with E-state index in [2.05, 4.69) is 26.0 Å². The third-order valence-electron chi connectivity index (χ3n) is 3.01. The Kier molecular flexibility index (Phi) is 3.53. The van der Waals surface area contributed by atoms with Gasteiger partial charge in [-0.25, -0.2) is 4.98 Å². The van der Waals surface area contributed by atoms with Gasteiger partial charge in [0.1, 0.15) is 6.33 Å². The monoisotopic (exact) mass is 300 g/mol. The molecule has 0 atom stereocenters. The van der Waals surface area contributed by atoms with Crippen LogP contribution in [0, 0.1) is 6.92 Å². The minimum absolute atomic E-state index is 0.142. The van der Waals surface area contributed by atoms with Gasteiger partial charge < -0.3 is 4.90 Å². The quantitative estimate of drug-likeness (QED) is 0.744. The van der Waals surface area contributed by atoms with Crippen molar-refractivity contribution in [2.45, 2.75) is 6.92 Å². The molecule has 0 bridgehead atoms. The lowest BCUT2D eigenvalue weighted by Crippen LogP contribution is -2.15. The van der Waals surface area contributed by atoms with Crippen molar-refractivity contribution in [2.75, 3.05) is 11.9 Å². The second-order valence-electron chi connectivity index (χ2n) is 4.57. The summed E-state index contributed by atoms with van der Waals surface area (Å²) in [5, 5.41) is 0.142. The van der Waals surface area contributed by atoms with E-state index in [0.717, 1.165) is 11.3 Å². The van der Waals surface area contributed by atoms with E-state index in [1.165, 1.54) is 0 Å². The molecule has 106 valence electrons. The van der Waals surface area contributed by atoms with Crippen molar-refractivity contribution in [3.63, 3.8) is 0 Å². The van der Waals surface area contributed by atoms with Gasteiger partial charge in [0.25, 0.3) is 0 Å². The van der Waals surface area contributed by atoms with Gasteiger partial charge in [-0.3, -0.25) is 4.57 Å². The van der Waals surface area contributed by atoms with Crippen molar-refractivity contribution in [1.29, 1.82) is 0 Å². The molecule has 7 heteroatoms. The molecule has 0 fully saturated rings. The first-order chi connectivity index (χ1) is 10.1. The van der Waals surface area contributed by atoms with Crippen molar-refractivity contribution in [3.05, 3.63) is 53.8 Å². The number of nitrogens with zero attached hydrogens (tertiary/aromatic N) is 6. The lowest BCUT2D eigenvalue weighted by molar-refractivity contribution is 0.880. The third-order valence-corrected chi connectivity index (χ3v) is 3.18. The van der Waals surface area contributed by atoms with Gasteiger partial charge in [0.15, 0.2) is 0 Å². The maximum atomic E-state index is 6.01. The van der Waals surface area contributed by atoms with E-state index in [1.807, 2.05) is 37.1 Å². The largest absolute Gasteiger partial charge is 0.313 e. The summed E-state index contributed by atoms with van der Waals surface area (Å²) in [6.45, 7) is 2.04. The summed E-state index contributed by atoms with van der Waals surface area (Å²) in [5.41, 5.74) is 2.14. The van der Waals surface area contributed by atoms with Crippen LogP contribution in [0.25, 0.3) is 5.95 Å². The predicted octanol–water partition coefficient (Wildman–Crippen LogP) is 2.79. The van der Waals surface area contributed by atoms with E-state index in [0.29, 0.717) is 11.9 Å². The number of hydrogen-bond acceptors (Lipinski definition) is 5. The topological polar surface area (TPSA) is 59.7 Å². The number of imidazole rings is 1. The lowest BCUT2D eigenvalue weighted by Gasteiger charge is -2.18. The van der Waals surface area contributed by atoms with Gasteiger partial charge in [0.2, 0.25) is 17.2 Å². The minimum Gasteiger partial charge on any atom is -0.313 e. The molecule has 3 rings (SSSR count). The highest BCUT2D eigenvalue weighted by Gasteiger charge is 2.12. The van der Waals surface area contributed by atoms with Crippen LogP contribution in [0.2, 0.25) is 5.28 Å². The summed E-state index contributed by atoms with van der Waals surface area (Å²) in [4.78, 5) is 18.6. The molecular formula is C14H13ClN6. The van der Waals surface area contributed by atoms with Crippen molar-refractivity contribution in [2.24, 2.45) is 0 Å². The fraction of sp³-hybridized carbons (Fsp3) is 0.143. The van der Waals surface area contributed by atoms with Crippen LogP contribution in [0.5, 0.6) is 0 Å². The normalized spacial score (nSPS) is 10.6. The van der Waals surface area contributed by atoms with Crippen LogP contribution in [0.15, 0.2) is 43.0 Å². The molecule has 0 unspecified atom stereocenters. The summed E-state index contributed by atoms with van der Waals surface area (Å²) in [7, 11) is 1.89. The summed E-state index contributed by atoms with van der Waals surface area (Å²) >= 11 is 6.01. The molecule has 0 saturated carbocycles. The van der Waals surface area contributed by atoms with Gasteiger partial charge in [-0.2, -0.15) is 15.0 Å². The maximum absolute atomic E-state index is 6.01. The molecule has 0 spiro atoms. The van der Waals surface area contributed by atoms with Crippen molar-refractivity contribution in [1.82, 2.24) is 24.5 Å². The Morgan fingerprint density at radius 2 is 2.05 bits per heavy atom. The second-order valence-corrected chi connectivity index (χ2v) is 4.91. The lowest BCUT2D eigenvalue weighted by atomic mass is 10.2. The smallest absolute Gasteiger partial charge is 0.241 e. The van der Waals surface area contributed by atoms with Crippen molar-refractivity contribution < 1.29 is 0 Å². The van der Waals surface area contributed by atoms with Crippen LogP contribution in [0.3, 0.4) is 0 Å². The number of anilines is 2. The number of rotatable bonds is 3. The number of aromatic nitrogens is 5. The van der Waals surface area contributed by atoms with Crippen molar-refractivity contribution >= 4 is 23.2 Å². The zero-order valence-electron chi connectivity index (χ0n) is 11.6. The maximum Gasteiger partial charge on any atom is 0.241 e. The molecular weight excluding hydrogens is 288 g/mol. The van der Waals surface area contributed by atoms with Crippen LogP contribution in [-0.4, -0.2) is 31.6 Å². The molecule has 2 heterocycles. The van der Waals surface area contributed by atoms with Crippen LogP contribution in [0.1, 0.15) is 5.56 Å². The molecule has 0 amide bonds. The standard InChI is InChI=1S/C14H13ClN6/c1-10-4-3-5-11(8-10)20(2)13-17-12(15)18-14(19-13)21-7-6-16-9-21/h3-9H,1-2H3. The first-order valence-corrected chi connectivity index (χ1v) is 6.71. The summed E-state index contributed by atoms with van der Waals surface area (Å²) < 4.78 is 1.68. The van der Waals surface area contributed by atoms with E-state index in [9.17, 15) is 0 Å². The molecule has 0 saturated heterocycles. The number of halogens is 1. The van der Waals surface area contributed by atoms with Crippen LogP contribution in [0.4, 0.5) is 11.6 Å². The van der Waals surface area contributed by atoms with Crippen molar-refractivity contribution in [3.8, 4) is 5.95 Å². The van der Waals surface area contributed by atoms with Gasteiger partial charge >= 0.3 is 0 Å². The summed E-state index contributed by atoms with van der Waals surface area (Å²) in [6.07, 6.45) is 5.02. The minimum atomic E-state index is 0.142. The fourth-order valence-corrected chi connectivity index (χ4v) is 2.08. The fourth-order valence-electron chi connectivity index (χ4n) is 1.92. The number of benzene rings is 1. The highest BCUT2D eigenvalue weighted by molar-refractivity contribution is 6.28. The third kappa shape index (κ3) is 2.85. The second kappa shape index (κ2) is 5.49. The molecule has 0 aliphatic heterocycles. The Balaban J connectivity index is 2.02. The molecule has 0 aliphatic rings. The highest BCUT2D eigenvalue weighted by atomic mass is 35.5. The van der Waals surface area contributed by atoms with E-state index in [1.54, 1.807) is 23.3 Å². The molecule has 21 heavy (non-hydrogen) atoms. The summed E-state index contributed by atoms with van der Waals surface area (Å²) in [5.74, 6) is 0.909. The van der Waals surface area contributed by atoms with E-state index in [-0.39, 0.29) is 5.28 Å². The molecule has 0 aliphatic carbocycles. The molecule has 6 nitrogen and oxygen atoms in total. The van der Waals surface area contributed by atoms with Gasteiger partial charge in [0, 0.05) is 25.1 Å². The average molecular weight is 301 g/mol. The summed E-state index contributed by atoms with van der Waals surface area (Å²) in [6, 6.07) is 8.06. The zero-order valence-corrected chi connectivity index (χ0v) is 12.4. The van der Waals surface area contributed by atoms with E-state index < -0.39 is 0 Å². The van der Waals surface area contributed by atoms with Crippen LogP contribution >= 0.6 is 11.6 Å².